The summed E-state index contributed by atoms with van der Waals surface area (Å²) in [6.45, 7) is 1.08. The summed E-state index contributed by atoms with van der Waals surface area (Å²) in [7, 11) is 0. The maximum Gasteiger partial charge on any atom is 0.232 e. The maximum absolute atomic E-state index is 12.2. The van der Waals surface area contributed by atoms with Crippen molar-refractivity contribution in [3.05, 3.63) is 66.9 Å². The number of carbonyl (C=O) groups is 1. The summed E-state index contributed by atoms with van der Waals surface area (Å²) in [4.78, 5) is 20.9. The first-order chi connectivity index (χ1) is 13.3. The lowest BCUT2D eigenvalue weighted by Gasteiger charge is -2.10. The van der Waals surface area contributed by atoms with Crippen LogP contribution in [0.2, 0.25) is 0 Å². The molecule has 1 aliphatic heterocycles. The summed E-state index contributed by atoms with van der Waals surface area (Å²) in [6.07, 6.45) is 2.39. The number of aromatic nitrogens is 2. The number of rotatable bonds is 5. The zero-order valence-corrected chi connectivity index (χ0v) is 14.8. The number of amides is 1. The Labute approximate surface area is 157 Å². The van der Waals surface area contributed by atoms with Gasteiger partial charge in [-0.05, 0) is 36.8 Å². The fourth-order valence-corrected chi connectivity index (χ4v) is 2.98. The highest BCUT2D eigenvalue weighted by atomic mass is 16.5. The van der Waals surface area contributed by atoms with E-state index in [0.29, 0.717) is 19.2 Å². The monoisotopic (exact) mass is 360 g/mol. The Morgan fingerprint density at radius 1 is 1.04 bits per heavy atom. The quantitative estimate of drug-likeness (QED) is 0.722. The Morgan fingerprint density at radius 2 is 1.89 bits per heavy atom. The minimum absolute atomic E-state index is 0.0934. The molecule has 1 aliphatic rings. The molecule has 27 heavy (non-hydrogen) atoms. The summed E-state index contributed by atoms with van der Waals surface area (Å²) in [5.74, 6) is 0.0885. The third-order valence-electron chi connectivity index (χ3n) is 4.41. The number of anilines is 3. The van der Waals surface area contributed by atoms with Crippen molar-refractivity contribution in [3.8, 4) is 11.3 Å². The Balaban J connectivity index is 1.51. The molecule has 1 amide bonds. The van der Waals surface area contributed by atoms with E-state index in [1.807, 2.05) is 60.7 Å². The molecule has 2 N–H and O–H groups in total. The number of para-hydroxylation sites is 1. The van der Waals surface area contributed by atoms with E-state index >= 15 is 0 Å². The van der Waals surface area contributed by atoms with Gasteiger partial charge in [0.05, 0.1) is 18.2 Å². The first-order valence-electron chi connectivity index (χ1n) is 8.92. The number of benzene rings is 2. The van der Waals surface area contributed by atoms with Crippen LogP contribution in [0.15, 0.2) is 66.9 Å². The molecule has 6 heteroatoms. The van der Waals surface area contributed by atoms with Gasteiger partial charge in [-0.1, -0.05) is 30.3 Å². The van der Waals surface area contributed by atoms with Gasteiger partial charge in [0, 0.05) is 29.7 Å². The highest BCUT2D eigenvalue weighted by molar-refractivity contribution is 5.91. The van der Waals surface area contributed by atoms with Crippen LogP contribution in [0, 0.1) is 5.92 Å². The third-order valence-corrected chi connectivity index (χ3v) is 4.41. The van der Waals surface area contributed by atoms with Gasteiger partial charge in [-0.2, -0.15) is 0 Å². The van der Waals surface area contributed by atoms with Crippen molar-refractivity contribution in [2.75, 3.05) is 23.8 Å². The molecule has 0 bridgehead atoms. The Hall–Kier alpha value is -3.25. The zero-order chi connectivity index (χ0) is 18.5. The van der Waals surface area contributed by atoms with Gasteiger partial charge >= 0.3 is 0 Å². The molecule has 3 aromatic rings. The van der Waals surface area contributed by atoms with E-state index in [4.69, 9.17) is 4.74 Å². The van der Waals surface area contributed by atoms with Gasteiger partial charge in [-0.3, -0.25) is 10.1 Å². The average molecular weight is 360 g/mol. The zero-order valence-electron chi connectivity index (χ0n) is 14.8. The smallest absolute Gasteiger partial charge is 0.232 e. The van der Waals surface area contributed by atoms with Gasteiger partial charge in [0.1, 0.15) is 0 Å². The molecule has 2 aromatic carbocycles. The lowest BCUT2D eigenvalue weighted by atomic mass is 10.1. The number of hydrogen-bond acceptors (Lipinski definition) is 5. The van der Waals surface area contributed by atoms with Gasteiger partial charge in [-0.25, -0.2) is 9.97 Å². The van der Waals surface area contributed by atoms with E-state index in [9.17, 15) is 4.79 Å². The van der Waals surface area contributed by atoms with Crippen molar-refractivity contribution in [1.29, 1.82) is 0 Å². The topological polar surface area (TPSA) is 76.1 Å². The molecule has 2 heterocycles. The minimum Gasteiger partial charge on any atom is -0.381 e. The van der Waals surface area contributed by atoms with Crippen LogP contribution >= 0.6 is 0 Å². The van der Waals surface area contributed by atoms with Gasteiger partial charge in [0.15, 0.2) is 0 Å². The number of nitrogens with one attached hydrogen (secondary N) is 2. The largest absolute Gasteiger partial charge is 0.381 e. The third kappa shape index (κ3) is 4.30. The second-order valence-corrected chi connectivity index (χ2v) is 6.39. The molecule has 136 valence electrons. The van der Waals surface area contributed by atoms with Crippen LogP contribution in [-0.2, 0) is 9.53 Å². The SMILES string of the molecule is O=C(Nc1nccc(-c2cccc(Nc3ccccc3)c2)n1)C1CCOC1. The predicted octanol–water partition coefficient (Wildman–Crippen LogP) is 3.86. The van der Waals surface area contributed by atoms with E-state index in [2.05, 4.69) is 20.6 Å². The summed E-state index contributed by atoms with van der Waals surface area (Å²) in [6, 6.07) is 19.8. The van der Waals surface area contributed by atoms with Crippen LogP contribution < -0.4 is 10.6 Å². The molecule has 1 atom stereocenters. The molecule has 1 fully saturated rings. The van der Waals surface area contributed by atoms with Crippen molar-refractivity contribution < 1.29 is 9.53 Å². The van der Waals surface area contributed by atoms with Crippen molar-refractivity contribution in [3.63, 3.8) is 0 Å². The molecule has 0 aliphatic carbocycles. The van der Waals surface area contributed by atoms with Crippen molar-refractivity contribution in [1.82, 2.24) is 9.97 Å². The summed E-state index contributed by atoms with van der Waals surface area (Å²) >= 11 is 0. The van der Waals surface area contributed by atoms with Gasteiger partial charge in [-0.15, -0.1) is 0 Å². The highest BCUT2D eigenvalue weighted by Crippen LogP contribution is 2.24. The van der Waals surface area contributed by atoms with Crippen molar-refractivity contribution >= 4 is 23.2 Å². The number of nitrogens with zero attached hydrogens (tertiary/aromatic N) is 2. The number of ether oxygens (including phenoxy) is 1. The molecule has 0 spiro atoms. The number of hydrogen-bond donors (Lipinski definition) is 2. The van der Waals surface area contributed by atoms with E-state index in [0.717, 1.165) is 29.1 Å². The Kier molecular flexibility index (Phi) is 5.07. The van der Waals surface area contributed by atoms with Gasteiger partial charge < -0.3 is 10.1 Å². The summed E-state index contributed by atoms with van der Waals surface area (Å²) < 4.78 is 5.26. The van der Waals surface area contributed by atoms with Gasteiger partial charge in [0.2, 0.25) is 11.9 Å². The van der Waals surface area contributed by atoms with E-state index in [1.165, 1.54) is 0 Å². The Bertz CT molecular complexity index is 924. The second-order valence-electron chi connectivity index (χ2n) is 6.39. The molecule has 0 radical (unpaired) electrons. The van der Waals surface area contributed by atoms with Gasteiger partial charge in [0.25, 0.3) is 0 Å². The molecular formula is C21H20N4O2. The lowest BCUT2D eigenvalue weighted by Crippen LogP contribution is -2.24. The standard InChI is InChI=1S/C21H20N4O2/c26-20(16-10-12-27-14-16)25-21-22-11-9-19(24-21)15-5-4-8-18(13-15)23-17-6-2-1-3-7-17/h1-9,11,13,16,23H,10,12,14H2,(H,22,24,25,26). The van der Waals surface area contributed by atoms with Crippen LogP contribution in [-0.4, -0.2) is 29.1 Å². The fourth-order valence-electron chi connectivity index (χ4n) is 2.98. The minimum atomic E-state index is -0.129. The van der Waals surface area contributed by atoms with Crippen LogP contribution in [0.5, 0.6) is 0 Å². The molecule has 4 rings (SSSR count). The molecule has 6 nitrogen and oxygen atoms in total. The fraction of sp³-hybridized carbons (Fsp3) is 0.190. The van der Waals surface area contributed by atoms with Crippen molar-refractivity contribution in [2.45, 2.75) is 6.42 Å². The van der Waals surface area contributed by atoms with Crippen LogP contribution in [0.1, 0.15) is 6.42 Å². The first kappa shape index (κ1) is 17.2. The molecule has 1 saturated heterocycles. The van der Waals surface area contributed by atoms with E-state index in [1.54, 1.807) is 6.20 Å². The Morgan fingerprint density at radius 3 is 2.70 bits per heavy atom. The second kappa shape index (κ2) is 7.97. The van der Waals surface area contributed by atoms with E-state index < -0.39 is 0 Å². The molecule has 0 saturated carbocycles. The lowest BCUT2D eigenvalue weighted by molar-refractivity contribution is -0.119. The first-order valence-corrected chi connectivity index (χ1v) is 8.92. The molecular weight excluding hydrogens is 340 g/mol. The summed E-state index contributed by atoms with van der Waals surface area (Å²) in [5, 5.41) is 6.16. The maximum atomic E-state index is 12.2. The predicted molar refractivity (Wildman–Crippen MR) is 105 cm³/mol. The normalized spacial score (nSPS) is 16.1. The molecule has 1 aromatic heterocycles. The number of carbonyl (C=O) groups excluding carboxylic acids is 1. The highest BCUT2D eigenvalue weighted by Gasteiger charge is 2.24. The summed E-state index contributed by atoms with van der Waals surface area (Å²) in [5.41, 5.74) is 3.67. The van der Waals surface area contributed by atoms with Crippen molar-refractivity contribution in [2.24, 2.45) is 5.92 Å². The molecule has 1 unspecified atom stereocenters. The van der Waals surface area contributed by atoms with Crippen LogP contribution in [0.3, 0.4) is 0 Å². The van der Waals surface area contributed by atoms with Crippen LogP contribution in [0.25, 0.3) is 11.3 Å². The average Bonchev–Trinajstić information content (AvgIpc) is 3.24. The van der Waals surface area contributed by atoms with E-state index in [-0.39, 0.29) is 11.8 Å². The van der Waals surface area contributed by atoms with Crippen LogP contribution in [0.4, 0.5) is 17.3 Å².